The van der Waals surface area contributed by atoms with Crippen LogP contribution in [0.3, 0.4) is 0 Å². The van der Waals surface area contributed by atoms with Gasteiger partial charge in [-0.15, -0.1) is 0 Å². The summed E-state index contributed by atoms with van der Waals surface area (Å²) in [6.07, 6.45) is 1.19. The van der Waals surface area contributed by atoms with Crippen molar-refractivity contribution in [3.63, 3.8) is 0 Å². The van der Waals surface area contributed by atoms with Crippen LogP contribution in [-0.2, 0) is 6.42 Å². The Bertz CT molecular complexity index is 342. The van der Waals surface area contributed by atoms with Crippen LogP contribution in [-0.4, -0.2) is 24.1 Å². The Balaban J connectivity index is 2.01. The lowest BCUT2D eigenvalue weighted by Gasteiger charge is -2.19. The summed E-state index contributed by atoms with van der Waals surface area (Å²) < 4.78 is 1.25. The Morgan fingerprint density at radius 3 is 2.94 bits per heavy atom. The topological polar surface area (TPSA) is 12.0 Å². The molecule has 1 heterocycles. The van der Waals surface area contributed by atoms with Crippen LogP contribution in [0.2, 0.25) is 0 Å². The molecule has 16 heavy (non-hydrogen) atoms. The summed E-state index contributed by atoms with van der Waals surface area (Å²) in [6, 6.07) is 9.28. The number of hydrogen-bond donors (Lipinski definition) is 1. The Labute approximate surface area is 111 Å². The van der Waals surface area contributed by atoms with Crippen LogP contribution in [0.1, 0.15) is 12.5 Å². The molecule has 1 saturated heterocycles. The van der Waals surface area contributed by atoms with E-state index in [9.17, 15) is 0 Å². The van der Waals surface area contributed by atoms with Gasteiger partial charge in [-0.1, -0.05) is 41.1 Å². The predicted molar refractivity (Wildman–Crippen MR) is 76.1 cm³/mol. The lowest BCUT2D eigenvalue weighted by molar-refractivity contribution is 0.433. The minimum absolute atomic E-state index is 0.696. The molecule has 2 unspecified atom stereocenters. The van der Waals surface area contributed by atoms with Crippen LogP contribution in [0, 0.1) is 5.92 Å². The highest BCUT2D eigenvalue weighted by Gasteiger charge is 2.27. The second-order valence-electron chi connectivity index (χ2n) is 4.26. The molecule has 2 atom stereocenters. The zero-order chi connectivity index (χ0) is 11.4. The second kappa shape index (κ2) is 6.08. The molecular weight excluding hydrogens is 282 g/mol. The largest absolute Gasteiger partial charge is 0.313 e. The molecule has 1 aromatic carbocycles. The number of nitrogens with one attached hydrogen (secondary N) is 1. The minimum atomic E-state index is 0.696. The lowest BCUT2D eigenvalue weighted by Crippen LogP contribution is -2.36. The van der Waals surface area contributed by atoms with E-state index in [-0.39, 0.29) is 0 Å². The van der Waals surface area contributed by atoms with Gasteiger partial charge in [-0.3, -0.25) is 0 Å². The van der Waals surface area contributed by atoms with E-state index in [2.05, 4.69) is 64.2 Å². The maximum Gasteiger partial charge on any atom is 0.0207 e. The third kappa shape index (κ3) is 3.02. The van der Waals surface area contributed by atoms with Crippen molar-refractivity contribution in [3.05, 3.63) is 34.3 Å². The van der Waals surface area contributed by atoms with Crippen LogP contribution in [0.25, 0.3) is 0 Å². The van der Waals surface area contributed by atoms with Crippen molar-refractivity contribution < 1.29 is 0 Å². The van der Waals surface area contributed by atoms with Crippen molar-refractivity contribution in [1.82, 2.24) is 5.32 Å². The van der Waals surface area contributed by atoms with Gasteiger partial charge in [-0.2, -0.15) is 11.8 Å². The second-order valence-corrected chi connectivity index (χ2v) is 6.19. The molecule has 1 aliphatic rings. The Hall–Kier alpha value is 0.01000. The predicted octanol–water partition coefficient (Wildman–Crippen LogP) is 3.33. The molecule has 0 amide bonds. The first kappa shape index (κ1) is 12.5. The van der Waals surface area contributed by atoms with Crippen LogP contribution < -0.4 is 5.32 Å². The Morgan fingerprint density at radius 1 is 1.38 bits per heavy atom. The Morgan fingerprint density at radius 2 is 2.19 bits per heavy atom. The molecule has 1 nitrogen and oxygen atoms in total. The third-order valence-corrected chi connectivity index (χ3v) is 5.14. The average molecular weight is 300 g/mol. The summed E-state index contributed by atoms with van der Waals surface area (Å²) in [5, 5.41) is 3.60. The van der Waals surface area contributed by atoms with Crippen molar-refractivity contribution in [2.45, 2.75) is 19.4 Å². The highest BCUT2D eigenvalue weighted by molar-refractivity contribution is 9.10. The summed E-state index contributed by atoms with van der Waals surface area (Å²) in [5.74, 6) is 3.34. The van der Waals surface area contributed by atoms with Crippen LogP contribution >= 0.6 is 27.7 Å². The highest BCUT2D eigenvalue weighted by atomic mass is 79.9. The van der Waals surface area contributed by atoms with Crippen LogP contribution in [0.15, 0.2) is 28.7 Å². The molecule has 1 aromatic rings. The quantitative estimate of drug-likeness (QED) is 0.915. The monoisotopic (exact) mass is 299 g/mol. The zero-order valence-electron chi connectivity index (χ0n) is 9.58. The normalized spacial score (nSPS) is 24.9. The van der Waals surface area contributed by atoms with Crippen molar-refractivity contribution >= 4 is 27.7 Å². The molecule has 0 spiro atoms. The van der Waals surface area contributed by atoms with Crippen molar-refractivity contribution in [2.24, 2.45) is 5.92 Å². The maximum absolute atomic E-state index is 3.64. The van der Waals surface area contributed by atoms with E-state index in [1.165, 1.54) is 28.0 Å². The third-order valence-electron chi connectivity index (χ3n) is 3.10. The standard InChI is InChI=1S/C13H18BrNS/c1-2-15-13-9-16-8-11(13)7-10-5-3-4-6-12(10)14/h3-6,11,13,15H,2,7-9H2,1H3. The molecule has 2 rings (SSSR count). The molecule has 0 radical (unpaired) electrons. The van der Waals surface area contributed by atoms with Gasteiger partial charge in [0.1, 0.15) is 0 Å². The van der Waals surface area contributed by atoms with Gasteiger partial charge in [-0.05, 0) is 36.3 Å². The average Bonchev–Trinajstić information content (AvgIpc) is 2.70. The van der Waals surface area contributed by atoms with Crippen molar-refractivity contribution in [3.8, 4) is 0 Å². The van der Waals surface area contributed by atoms with E-state index in [1.54, 1.807) is 0 Å². The van der Waals surface area contributed by atoms with Gasteiger partial charge in [-0.25, -0.2) is 0 Å². The molecule has 1 aliphatic heterocycles. The van der Waals surface area contributed by atoms with E-state index >= 15 is 0 Å². The molecule has 0 saturated carbocycles. The fraction of sp³-hybridized carbons (Fsp3) is 0.538. The van der Waals surface area contributed by atoms with Gasteiger partial charge in [0.05, 0.1) is 0 Å². The zero-order valence-corrected chi connectivity index (χ0v) is 12.0. The van der Waals surface area contributed by atoms with Crippen molar-refractivity contribution in [2.75, 3.05) is 18.1 Å². The molecular formula is C13H18BrNS. The first-order valence-corrected chi connectivity index (χ1v) is 7.80. The molecule has 1 fully saturated rings. The molecule has 88 valence electrons. The summed E-state index contributed by atoms with van der Waals surface area (Å²) in [4.78, 5) is 0. The summed E-state index contributed by atoms with van der Waals surface area (Å²) in [7, 11) is 0. The first-order valence-electron chi connectivity index (χ1n) is 5.85. The number of benzene rings is 1. The Kier molecular flexibility index (Phi) is 4.74. The van der Waals surface area contributed by atoms with Crippen LogP contribution in [0.5, 0.6) is 0 Å². The summed E-state index contributed by atoms with van der Waals surface area (Å²) in [6.45, 7) is 3.27. The molecule has 0 aliphatic carbocycles. The highest BCUT2D eigenvalue weighted by Crippen LogP contribution is 2.29. The first-order chi connectivity index (χ1) is 7.81. The summed E-state index contributed by atoms with van der Waals surface area (Å²) >= 11 is 5.71. The van der Waals surface area contributed by atoms with E-state index in [0.717, 1.165) is 12.5 Å². The van der Waals surface area contributed by atoms with Gasteiger partial charge >= 0.3 is 0 Å². The van der Waals surface area contributed by atoms with E-state index < -0.39 is 0 Å². The van der Waals surface area contributed by atoms with E-state index in [0.29, 0.717) is 6.04 Å². The van der Waals surface area contributed by atoms with E-state index in [1.807, 2.05) is 0 Å². The smallest absolute Gasteiger partial charge is 0.0207 e. The minimum Gasteiger partial charge on any atom is -0.313 e. The van der Waals surface area contributed by atoms with Crippen molar-refractivity contribution in [1.29, 1.82) is 0 Å². The van der Waals surface area contributed by atoms with Gasteiger partial charge in [0.2, 0.25) is 0 Å². The van der Waals surface area contributed by atoms with Gasteiger partial charge in [0, 0.05) is 16.3 Å². The molecule has 0 aromatic heterocycles. The molecule has 1 N–H and O–H groups in total. The molecule has 3 heteroatoms. The molecule has 0 bridgehead atoms. The van der Waals surface area contributed by atoms with Crippen LogP contribution in [0.4, 0.5) is 0 Å². The van der Waals surface area contributed by atoms with Gasteiger partial charge in [0.15, 0.2) is 0 Å². The van der Waals surface area contributed by atoms with E-state index in [4.69, 9.17) is 0 Å². The SMILES string of the molecule is CCNC1CSCC1Cc1ccccc1Br. The fourth-order valence-corrected chi connectivity index (χ4v) is 4.11. The number of rotatable bonds is 4. The summed E-state index contributed by atoms with van der Waals surface area (Å²) in [5.41, 5.74) is 1.44. The lowest BCUT2D eigenvalue weighted by atomic mass is 9.95. The number of hydrogen-bond acceptors (Lipinski definition) is 2. The number of thioether (sulfide) groups is 1. The van der Waals surface area contributed by atoms with Gasteiger partial charge in [0.25, 0.3) is 0 Å². The van der Waals surface area contributed by atoms with Gasteiger partial charge < -0.3 is 5.32 Å². The maximum atomic E-state index is 3.64. The number of halogens is 1. The fourth-order valence-electron chi connectivity index (χ4n) is 2.23.